The van der Waals surface area contributed by atoms with E-state index in [9.17, 15) is 18.0 Å². The van der Waals surface area contributed by atoms with Gasteiger partial charge in [-0.25, -0.2) is 8.42 Å². The average molecular weight is 304 g/mol. The minimum absolute atomic E-state index is 0.116. The molecule has 0 aromatic carbocycles. The molecule has 0 saturated carbocycles. The zero-order chi connectivity index (χ0) is 14.6. The van der Waals surface area contributed by atoms with Crippen molar-refractivity contribution in [3.63, 3.8) is 0 Å². The standard InChI is InChI=1S/C12H16O5S2/c1-4-17-12(14)7-19(15,16)6-11(13)10-5-8(2)18-9(10)3/h5H,4,6-7H2,1-3H3. The second-order valence-corrected chi connectivity index (χ2v) is 7.61. The van der Waals surface area contributed by atoms with Crippen LogP contribution in [-0.4, -0.2) is 38.3 Å². The Morgan fingerprint density at radius 1 is 1.26 bits per heavy atom. The van der Waals surface area contributed by atoms with Crippen molar-refractivity contribution >= 4 is 32.9 Å². The molecule has 7 heteroatoms. The molecule has 0 N–H and O–H groups in total. The number of sulfone groups is 1. The average Bonchev–Trinajstić information content (AvgIpc) is 2.56. The first-order valence-corrected chi connectivity index (χ1v) is 8.35. The van der Waals surface area contributed by atoms with Crippen molar-refractivity contribution in [1.29, 1.82) is 0 Å². The van der Waals surface area contributed by atoms with Crippen LogP contribution in [0.2, 0.25) is 0 Å². The summed E-state index contributed by atoms with van der Waals surface area (Å²) in [6.07, 6.45) is 0. The predicted molar refractivity (Wildman–Crippen MR) is 73.4 cm³/mol. The lowest BCUT2D eigenvalue weighted by molar-refractivity contribution is -0.139. The van der Waals surface area contributed by atoms with Crippen molar-refractivity contribution in [3.05, 3.63) is 21.4 Å². The van der Waals surface area contributed by atoms with Gasteiger partial charge < -0.3 is 4.74 Å². The quantitative estimate of drug-likeness (QED) is 0.588. The fraction of sp³-hybridized carbons (Fsp3) is 0.500. The second-order valence-electron chi connectivity index (χ2n) is 4.09. The van der Waals surface area contributed by atoms with Crippen LogP contribution >= 0.6 is 11.3 Å². The summed E-state index contributed by atoms with van der Waals surface area (Å²) >= 11 is 1.44. The molecular weight excluding hydrogens is 288 g/mol. The summed E-state index contributed by atoms with van der Waals surface area (Å²) in [4.78, 5) is 24.8. The van der Waals surface area contributed by atoms with Crippen LogP contribution in [0.3, 0.4) is 0 Å². The summed E-state index contributed by atoms with van der Waals surface area (Å²) < 4.78 is 28.0. The van der Waals surface area contributed by atoms with Gasteiger partial charge >= 0.3 is 5.97 Å². The molecule has 0 spiro atoms. The monoisotopic (exact) mass is 304 g/mol. The number of rotatable bonds is 6. The first kappa shape index (κ1) is 15.8. The number of carbonyl (C=O) groups excluding carboxylic acids is 2. The van der Waals surface area contributed by atoms with Crippen LogP contribution in [0.1, 0.15) is 27.0 Å². The van der Waals surface area contributed by atoms with Crippen molar-refractivity contribution in [2.75, 3.05) is 18.1 Å². The third kappa shape index (κ3) is 4.76. The molecule has 1 heterocycles. The number of thiophene rings is 1. The van der Waals surface area contributed by atoms with E-state index >= 15 is 0 Å². The lowest BCUT2D eigenvalue weighted by Crippen LogP contribution is -2.25. The molecule has 0 amide bonds. The smallest absolute Gasteiger partial charge is 0.321 e. The summed E-state index contributed by atoms with van der Waals surface area (Å²) in [5.41, 5.74) is 0.412. The zero-order valence-electron chi connectivity index (χ0n) is 11.1. The van der Waals surface area contributed by atoms with E-state index in [1.807, 2.05) is 6.92 Å². The number of esters is 1. The molecule has 0 saturated heterocycles. The number of hydrogen-bond acceptors (Lipinski definition) is 6. The summed E-state index contributed by atoms with van der Waals surface area (Å²) in [6.45, 7) is 5.32. The van der Waals surface area contributed by atoms with E-state index in [1.165, 1.54) is 11.3 Å². The lowest BCUT2D eigenvalue weighted by atomic mass is 10.2. The van der Waals surface area contributed by atoms with Crippen LogP contribution in [0.15, 0.2) is 6.07 Å². The van der Waals surface area contributed by atoms with Gasteiger partial charge in [0.05, 0.1) is 6.61 Å². The highest BCUT2D eigenvalue weighted by Crippen LogP contribution is 2.21. The van der Waals surface area contributed by atoms with Crippen molar-refractivity contribution in [1.82, 2.24) is 0 Å². The molecule has 0 unspecified atom stereocenters. The molecule has 1 aromatic rings. The fourth-order valence-corrected chi connectivity index (χ4v) is 3.66. The minimum Gasteiger partial charge on any atom is -0.465 e. The van der Waals surface area contributed by atoms with Crippen LogP contribution < -0.4 is 0 Å². The lowest BCUT2D eigenvalue weighted by Gasteiger charge is -2.03. The van der Waals surface area contributed by atoms with Gasteiger partial charge in [-0.1, -0.05) is 0 Å². The fourth-order valence-electron chi connectivity index (χ4n) is 1.62. The number of ether oxygens (including phenoxy) is 1. The van der Waals surface area contributed by atoms with Gasteiger partial charge in [0.2, 0.25) is 0 Å². The predicted octanol–water partition coefficient (Wildman–Crippen LogP) is 1.53. The van der Waals surface area contributed by atoms with Crippen molar-refractivity contribution < 1.29 is 22.7 Å². The van der Waals surface area contributed by atoms with Gasteiger partial charge in [0.15, 0.2) is 15.6 Å². The van der Waals surface area contributed by atoms with Crippen molar-refractivity contribution in [3.8, 4) is 0 Å². The Kier molecular flexibility index (Phi) is 5.25. The number of Topliss-reactive ketones (excluding diaryl/α,β-unsaturated/α-hetero) is 1. The van der Waals surface area contributed by atoms with E-state index in [4.69, 9.17) is 0 Å². The van der Waals surface area contributed by atoms with E-state index < -0.39 is 33.1 Å². The van der Waals surface area contributed by atoms with E-state index in [-0.39, 0.29) is 6.61 Å². The van der Waals surface area contributed by atoms with Gasteiger partial charge in [-0.05, 0) is 26.8 Å². The van der Waals surface area contributed by atoms with Crippen molar-refractivity contribution in [2.24, 2.45) is 0 Å². The van der Waals surface area contributed by atoms with E-state index in [0.717, 1.165) is 9.75 Å². The summed E-state index contributed by atoms with van der Waals surface area (Å²) in [5, 5.41) is 0. The first-order chi connectivity index (χ1) is 8.75. The number of ketones is 1. The molecule has 0 aliphatic carbocycles. The van der Waals surface area contributed by atoms with Gasteiger partial charge in [0, 0.05) is 15.3 Å². The maximum absolute atomic E-state index is 11.9. The molecule has 1 aromatic heterocycles. The number of carbonyl (C=O) groups is 2. The van der Waals surface area contributed by atoms with Crippen LogP contribution in [0.4, 0.5) is 0 Å². The molecule has 0 atom stereocenters. The number of aryl methyl sites for hydroxylation is 2. The molecule has 0 radical (unpaired) electrons. The third-order valence-corrected chi connectivity index (χ3v) is 4.68. The Morgan fingerprint density at radius 3 is 2.37 bits per heavy atom. The minimum atomic E-state index is -3.78. The Labute approximate surface area is 116 Å². The van der Waals surface area contributed by atoms with E-state index in [0.29, 0.717) is 5.56 Å². The van der Waals surface area contributed by atoms with E-state index in [1.54, 1.807) is 19.9 Å². The van der Waals surface area contributed by atoms with Gasteiger partial charge in [-0.3, -0.25) is 9.59 Å². The first-order valence-electron chi connectivity index (χ1n) is 5.71. The van der Waals surface area contributed by atoms with Gasteiger partial charge in [0.25, 0.3) is 0 Å². The van der Waals surface area contributed by atoms with Crippen LogP contribution in [0.5, 0.6) is 0 Å². The van der Waals surface area contributed by atoms with Crippen molar-refractivity contribution in [2.45, 2.75) is 20.8 Å². The molecule has 19 heavy (non-hydrogen) atoms. The van der Waals surface area contributed by atoms with Gasteiger partial charge in [-0.2, -0.15) is 0 Å². The molecule has 5 nitrogen and oxygen atoms in total. The molecule has 0 fully saturated rings. The highest BCUT2D eigenvalue weighted by atomic mass is 32.2. The third-order valence-electron chi connectivity index (χ3n) is 2.34. The van der Waals surface area contributed by atoms with Crippen LogP contribution in [-0.2, 0) is 19.4 Å². The highest BCUT2D eigenvalue weighted by Gasteiger charge is 2.23. The maximum atomic E-state index is 11.9. The Bertz CT molecular complexity index is 583. The normalized spacial score (nSPS) is 11.3. The molecular formula is C12H16O5S2. The molecule has 106 valence electrons. The molecule has 1 rings (SSSR count). The van der Waals surface area contributed by atoms with Crippen LogP contribution in [0.25, 0.3) is 0 Å². The van der Waals surface area contributed by atoms with Crippen LogP contribution in [0, 0.1) is 13.8 Å². The number of hydrogen-bond donors (Lipinski definition) is 0. The summed E-state index contributed by atoms with van der Waals surface area (Å²) in [7, 11) is -3.78. The van der Waals surface area contributed by atoms with Gasteiger partial charge in [0.1, 0.15) is 11.5 Å². The summed E-state index contributed by atoms with van der Waals surface area (Å²) in [5.74, 6) is -2.72. The second kappa shape index (κ2) is 6.29. The molecule has 0 bridgehead atoms. The highest BCUT2D eigenvalue weighted by molar-refractivity contribution is 7.92. The Morgan fingerprint density at radius 2 is 1.89 bits per heavy atom. The Hall–Kier alpha value is -1.21. The van der Waals surface area contributed by atoms with E-state index in [2.05, 4.69) is 4.74 Å². The largest absolute Gasteiger partial charge is 0.465 e. The Balaban J connectivity index is 2.76. The topological polar surface area (TPSA) is 77.5 Å². The molecule has 0 aliphatic heterocycles. The maximum Gasteiger partial charge on any atom is 0.321 e. The van der Waals surface area contributed by atoms with Gasteiger partial charge in [-0.15, -0.1) is 11.3 Å². The SMILES string of the molecule is CCOC(=O)CS(=O)(=O)CC(=O)c1cc(C)sc1C. The zero-order valence-corrected chi connectivity index (χ0v) is 12.7. The molecule has 0 aliphatic rings. The summed E-state index contributed by atoms with van der Waals surface area (Å²) in [6, 6.07) is 1.67.